The van der Waals surface area contributed by atoms with Crippen LogP contribution in [0.3, 0.4) is 0 Å². The summed E-state index contributed by atoms with van der Waals surface area (Å²) in [6, 6.07) is 9.89. The first-order valence-electron chi connectivity index (χ1n) is 10.8. The summed E-state index contributed by atoms with van der Waals surface area (Å²) in [5.41, 5.74) is 11.8. The molecule has 0 amide bonds. The number of nitrogens with one attached hydrogen (secondary N) is 1. The van der Waals surface area contributed by atoms with Crippen LogP contribution in [0.1, 0.15) is 34.2 Å². The number of aryl methyl sites for hydroxylation is 3. The minimum absolute atomic E-state index is 0.433. The van der Waals surface area contributed by atoms with E-state index in [-0.39, 0.29) is 0 Å². The monoisotopic (exact) mass is 519 g/mol. The van der Waals surface area contributed by atoms with Crippen molar-refractivity contribution in [2.75, 3.05) is 17.6 Å². The van der Waals surface area contributed by atoms with E-state index in [1.165, 1.54) is 12.1 Å². The van der Waals surface area contributed by atoms with Crippen molar-refractivity contribution in [3.63, 3.8) is 0 Å². The molecule has 0 aliphatic carbocycles. The highest BCUT2D eigenvalue weighted by Crippen LogP contribution is 2.72. The zero-order valence-electron chi connectivity index (χ0n) is 19.1. The SMILES string of the molecule is Cc1ccc2c3c(c(N)nc2c1)NCC(CCc1ccc(C(O)(P(=O)(O)O)P(=O)(O)O)cc1C)=C3. The summed E-state index contributed by atoms with van der Waals surface area (Å²) in [4.78, 5) is 42.5. The van der Waals surface area contributed by atoms with Crippen LogP contribution in [0.5, 0.6) is 0 Å². The summed E-state index contributed by atoms with van der Waals surface area (Å²) in [6.45, 7) is 4.22. The van der Waals surface area contributed by atoms with Crippen LogP contribution in [-0.4, -0.2) is 36.2 Å². The predicted octanol–water partition coefficient (Wildman–Crippen LogP) is 3.33. The predicted molar refractivity (Wildman–Crippen MR) is 135 cm³/mol. The van der Waals surface area contributed by atoms with Gasteiger partial charge in [-0.2, -0.15) is 0 Å². The average Bonchev–Trinajstić information content (AvgIpc) is 2.75. The fraction of sp³-hybridized carbons (Fsp3) is 0.261. The highest BCUT2D eigenvalue weighted by atomic mass is 31.2. The van der Waals surface area contributed by atoms with Gasteiger partial charge in [-0.05, 0) is 49.4 Å². The van der Waals surface area contributed by atoms with Crippen LogP contribution < -0.4 is 11.1 Å². The number of benzene rings is 2. The van der Waals surface area contributed by atoms with Crippen LogP contribution in [0.4, 0.5) is 11.5 Å². The van der Waals surface area contributed by atoms with Crippen molar-refractivity contribution in [1.82, 2.24) is 4.98 Å². The summed E-state index contributed by atoms with van der Waals surface area (Å²) in [5, 5.41) is 11.1. The Hall–Kier alpha value is -2.55. The average molecular weight is 519 g/mol. The van der Waals surface area contributed by atoms with Gasteiger partial charge in [0.05, 0.1) is 11.2 Å². The molecule has 10 nitrogen and oxygen atoms in total. The van der Waals surface area contributed by atoms with E-state index in [4.69, 9.17) is 5.73 Å². The first-order valence-corrected chi connectivity index (χ1v) is 14.0. The number of hydrogen-bond acceptors (Lipinski definition) is 6. The number of anilines is 2. The molecule has 0 fully saturated rings. The first-order chi connectivity index (χ1) is 16.2. The zero-order valence-corrected chi connectivity index (χ0v) is 20.9. The molecule has 8 N–H and O–H groups in total. The number of hydrogen-bond donors (Lipinski definition) is 7. The zero-order chi connectivity index (χ0) is 25.8. The lowest BCUT2D eigenvalue weighted by Gasteiger charge is -2.30. The third kappa shape index (κ3) is 4.55. The van der Waals surface area contributed by atoms with E-state index >= 15 is 0 Å². The van der Waals surface area contributed by atoms with E-state index in [2.05, 4.69) is 16.4 Å². The van der Waals surface area contributed by atoms with E-state index in [1.54, 1.807) is 6.92 Å². The molecule has 12 heteroatoms. The van der Waals surface area contributed by atoms with Gasteiger partial charge in [0.25, 0.3) is 5.08 Å². The molecule has 2 aromatic carbocycles. The van der Waals surface area contributed by atoms with Gasteiger partial charge in [0.1, 0.15) is 5.82 Å². The fourth-order valence-corrected chi connectivity index (χ4v) is 6.67. The molecule has 3 aromatic rings. The van der Waals surface area contributed by atoms with Crippen molar-refractivity contribution in [2.24, 2.45) is 0 Å². The molecule has 4 rings (SSSR count). The van der Waals surface area contributed by atoms with E-state index in [1.807, 2.05) is 25.1 Å². The molecule has 0 radical (unpaired) electrons. The molecule has 186 valence electrons. The van der Waals surface area contributed by atoms with Gasteiger partial charge in [0.15, 0.2) is 0 Å². The van der Waals surface area contributed by atoms with E-state index in [0.717, 1.165) is 44.9 Å². The fourth-order valence-electron chi connectivity index (χ4n) is 4.36. The van der Waals surface area contributed by atoms with E-state index in [0.29, 0.717) is 30.8 Å². The number of aromatic nitrogens is 1. The van der Waals surface area contributed by atoms with Crippen LogP contribution in [0, 0.1) is 13.8 Å². The molecule has 0 unspecified atom stereocenters. The van der Waals surface area contributed by atoms with Crippen molar-refractivity contribution in [3.8, 4) is 0 Å². The Balaban J connectivity index is 1.62. The molecule has 35 heavy (non-hydrogen) atoms. The molecule has 0 spiro atoms. The van der Waals surface area contributed by atoms with Gasteiger partial charge in [0.2, 0.25) is 0 Å². The molecule has 0 saturated carbocycles. The van der Waals surface area contributed by atoms with Gasteiger partial charge in [0, 0.05) is 23.1 Å². The molecular formula is C23H27N3O7P2. The minimum Gasteiger partial charge on any atom is -0.382 e. The maximum Gasteiger partial charge on any atom is 0.374 e. The Labute approximate surface area is 201 Å². The van der Waals surface area contributed by atoms with Crippen LogP contribution in [0.2, 0.25) is 0 Å². The number of fused-ring (bicyclic) bond motifs is 3. The Morgan fingerprint density at radius 1 is 1.03 bits per heavy atom. The van der Waals surface area contributed by atoms with Crippen molar-refractivity contribution in [3.05, 3.63) is 69.8 Å². The Bertz CT molecular complexity index is 1440. The lowest BCUT2D eigenvalue weighted by Crippen LogP contribution is -2.26. The van der Waals surface area contributed by atoms with E-state index < -0.39 is 25.8 Å². The second-order valence-electron chi connectivity index (χ2n) is 8.83. The molecule has 2 heterocycles. The molecule has 1 aromatic heterocycles. The summed E-state index contributed by atoms with van der Waals surface area (Å²) in [7, 11) is -11.2. The number of aliphatic hydroxyl groups is 1. The Kier molecular flexibility index (Phi) is 6.45. The number of nitrogens with zero attached hydrogens (tertiary/aromatic N) is 1. The topological polar surface area (TPSA) is 186 Å². The molecule has 0 saturated heterocycles. The minimum atomic E-state index is -5.60. The third-order valence-corrected chi connectivity index (χ3v) is 10.0. The van der Waals surface area contributed by atoms with Crippen molar-refractivity contribution >= 4 is 43.7 Å². The summed E-state index contributed by atoms with van der Waals surface area (Å²) >= 11 is 0. The van der Waals surface area contributed by atoms with Crippen LogP contribution >= 0.6 is 15.2 Å². The number of pyridine rings is 1. The van der Waals surface area contributed by atoms with Crippen molar-refractivity contribution in [2.45, 2.75) is 31.8 Å². The van der Waals surface area contributed by atoms with Crippen LogP contribution in [-0.2, 0) is 20.6 Å². The van der Waals surface area contributed by atoms with E-state index in [9.17, 15) is 33.8 Å². The molecule has 0 bridgehead atoms. The van der Waals surface area contributed by atoms with Gasteiger partial charge >= 0.3 is 15.2 Å². The number of rotatable bonds is 6. The van der Waals surface area contributed by atoms with Crippen molar-refractivity contribution in [1.29, 1.82) is 0 Å². The van der Waals surface area contributed by atoms with Gasteiger partial charge < -0.3 is 35.7 Å². The lowest BCUT2D eigenvalue weighted by atomic mass is 9.94. The van der Waals surface area contributed by atoms with Gasteiger partial charge in [-0.3, -0.25) is 9.13 Å². The lowest BCUT2D eigenvalue weighted by molar-refractivity contribution is 0.131. The highest BCUT2D eigenvalue weighted by molar-refractivity contribution is 7.71. The Morgan fingerprint density at radius 3 is 2.34 bits per heavy atom. The molecule has 1 aliphatic rings. The second kappa shape index (κ2) is 8.84. The van der Waals surface area contributed by atoms with Crippen molar-refractivity contribution < 1.29 is 33.8 Å². The van der Waals surface area contributed by atoms with Crippen LogP contribution in [0.25, 0.3) is 17.0 Å². The van der Waals surface area contributed by atoms with Gasteiger partial charge in [-0.15, -0.1) is 0 Å². The first kappa shape index (κ1) is 25.5. The maximum atomic E-state index is 11.8. The molecular weight excluding hydrogens is 492 g/mol. The largest absolute Gasteiger partial charge is 0.382 e. The molecule has 0 atom stereocenters. The second-order valence-corrected chi connectivity index (χ2v) is 12.7. The number of nitrogen functional groups attached to an aromatic ring is 1. The standard InChI is InChI=1S/C23H27N3O7P2/c1-13-3-8-18-19-11-15(12-25-21(19)22(24)26-20(18)9-13)4-5-16-6-7-17(10-14(16)2)23(27,34(28,29)30)35(31,32)33/h3,6-11,25,27H,4-5,12H2,1-2H3,(H2,24,26)(H2,28,29,30)(H2,31,32,33). The Morgan fingerprint density at radius 2 is 1.71 bits per heavy atom. The third-order valence-electron chi connectivity index (χ3n) is 6.31. The molecule has 1 aliphatic heterocycles. The summed E-state index contributed by atoms with van der Waals surface area (Å²) in [6.07, 6.45) is 3.31. The summed E-state index contributed by atoms with van der Waals surface area (Å²) < 4.78 is 23.6. The quantitative estimate of drug-likeness (QED) is 0.238. The summed E-state index contributed by atoms with van der Waals surface area (Å²) in [5.74, 6) is 0.433. The van der Waals surface area contributed by atoms with Crippen LogP contribution in [0.15, 0.2) is 42.0 Å². The highest BCUT2D eigenvalue weighted by Gasteiger charge is 2.60. The van der Waals surface area contributed by atoms with Gasteiger partial charge in [-0.25, -0.2) is 4.98 Å². The maximum absolute atomic E-state index is 11.8. The number of nitrogens with two attached hydrogens (primary N) is 1. The smallest absolute Gasteiger partial charge is 0.374 e. The normalized spacial score (nSPS) is 14.4. The van der Waals surface area contributed by atoms with Gasteiger partial charge in [-0.1, -0.05) is 42.0 Å².